The van der Waals surface area contributed by atoms with Gasteiger partial charge in [-0.2, -0.15) is 0 Å². The van der Waals surface area contributed by atoms with Gasteiger partial charge in [0.15, 0.2) is 10.8 Å². The molecule has 1 unspecified atom stereocenters. The minimum Gasteiger partial charge on any atom is -0.466 e. The van der Waals surface area contributed by atoms with Gasteiger partial charge in [-0.3, -0.25) is 14.7 Å². The second-order valence-electron chi connectivity index (χ2n) is 7.93. The van der Waals surface area contributed by atoms with E-state index >= 15 is 0 Å². The van der Waals surface area contributed by atoms with Crippen LogP contribution in [0.1, 0.15) is 24.3 Å². The van der Waals surface area contributed by atoms with Crippen molar-refractivity contribution >= 4 is 29.0 Å². The molecule has 1 atom stereocenters. The molecule has 2 fully saturated rings. The maximum absolute atomic E-state index is 12.8. The minimum absolute atomic E-state index is 0.119. The molecule has 1 saturated carbocycles. The Morgan fingerprint density at radius 2 is 2.21 bits per heavy atom. The second kappa shape index (κ2) is 7.29. The van der Waals surface area contributed by atoms with E-state index in [9.17, 15) is 9.59 Å². The van der Waals surface area contributed by atoms with Crippen LogP contribution in [0.5, 0.6) is 0 Å². The number of aliphatic imine (C=N–C) groups is 1. The zero-order chi connectivity index (χ0) is 19.9. The Morgan fingerprint density at radius 3 is 2.82 bits per heavy atom. The predicted molar refractivity (Wildman–Crippen MR) is 106 cm³/mol. The number of nitrogens with zero attached hydrogens (tertiary/aromatic N) is 4. The second-order valence-corrected chi connectivity index (χ2v) is 8.83. The van der Waals surface area contributed by atoms with Crippen LogP contribution in [0.2, 0.25) is 0 Å². The lowest BCUT2D eigenvalue weighted by Gasteiger charge is -2.29. The summed E-state index contributed by atoms with van der Waals surface area (Å²) in [6, 6.07) is -0.159. The molecule has 1 spiro atoms. The van der Waals surface area contributed by atoms with Gasteiger partial charge in [-0.1, -0.05) is 0 Å². The Labute approximate surface area is 168 Å². The lowest BCUT2D eigenvalue weighted by atomic mass is 10.0. The molecule has 0 radical (unpaired) electrons. The van der Waals surface area contributed by atoms with E-state index in [-0.39, 0.29) is 29.9 Å². The van der Waals surface area contributed by atoms with Crippen molar-refractivity contribution in [1.82, 2.24) is 20.1 Å². The molecular weight excluding hydrogens is 378 g/mol. The van der Waals surface area contributed by atoms with Crippen LogP contribution in [0.4, 0.5) is 0 Å². The summed E-state index contributed by atoms with van der Waals surface area (Å²) in [7, 11) is 4.97. The Balaban J connectivity index is 1.59. The summed E-state index contributed by atoms with van der Waals surface area (Å²) in [4.78, 5) is 37.7. The van der Waals surface area contributed by atoms with Gasteiger partial charge in [0.25, 0.3) is 0 Å². The Morgan fingerprint density at radius 1 is 1.43 bits per heavy atom. The maximum Gasteiger partial charge on any atom is 0.337 e. The number of aromatic nitrogens is 1. The van der Waals surface area contributed by atoms with Crippen LogP contribution in [0.3, 0.4) is 0 Å². The van der Waals surface area contributed by atoms with E-state index in [1.54, 1.807) is 25.2 Å². The number of likely N-dealkylation sites (N-methyl/N-ethyl adjacent to an activating group) is 1. The molecule has 2 aliphatic heterocycles. The lowest BCUT2D eigenvalue weighted by molar-refractivity contribution is -0.136. The first-order valence-corrected chi connectivity index (χ1v) is 10.3. The maximum atomic E-state index is 12.8. The number of carbonyl (C=O) groups excluding carboxylic acids is 2. The van der Waals surface area contributed by atoms with Crippen LogP contribution in [0.15, 0.2) is 27.8 Å². The standard InChI is InChI=1S/C19H25N5O3S/c1-23(2)17(25)14-8-19(4-5-19)11-24(14)10-13-12(18(26)27-3)9-21-15(22-13)16-20-6-7-28-16/h6-7,14H,4-5,8-11H2,1-3H3,(H,21,22). The number of methoxy groups -OCH3 is 1. The van der Waals surface area contributed by atoms with Crippen LogP contribution in [-0.2, 0) is 14.3 Å². The molecule has 0 aromatic carbocycles. The van der Waals surface area contributed by atoms with Crippen molar-refractivity contribution in [2.24, 2.45) is 10.4 Å². The molecule has 8 nitrogen and oxygen atoms in total. The number of hydrogen-bond acceptors (Lipinski definition) is 8. The van der Waals surface area contributed by atoms with Crippen molar-refractivity contribution in [3.63, 3.8) is 0 Å². The Kier molecular flexibility index (Phi) is 4.96. The summed E-state index contributed by atoms with van der Waals surface area (Å²) in [5.74, 6) is 0.391. The van der Waals surface area contributed by atoms with Crippen molar-refractivity contribution in [3.8, 4) is 0 Å². The fourth-order valence-electron chi connectivity index (χ4n) is 4.01. The number of amides is 1. The van der Waals surface area contributed by atoms with E-state index in [2.05, 4.69) is 20.2 Å². The first-order valence-electron chi connectivity index (χ1n) is 9.39. The van der Waals surface area contributed by atoms with Gasteiger partial charge < -0.3 is 15.0 Å². The summed E-state index contributed by atoms with van der Waals surface area (Å²) in [6.07, 6.45) is 4.95. The number of rotatable bonds is 5. The van der Waals surface area contributed by atoms with Gasteiger partial charge in [0.2, 0.25) is 5.91 Å². The van der Waals surface area contributed by atoms with Crippen LogP contribution in [0, 0.1) is 5.41 Å². The summed E-state index contributed by atoms with van der Waals surface area (Å²) >= 11 is 1.49. The average Bonchev–Trinajstić information content (AvgIpc) is 3.09. The first kappa shape index (κ1) is 19.1. The third kappa shape index (κ3) is 3.56. The number of likely N-dealkylation sites (tertiary alicyclic amines) is 1. The zero-order valence-corrected chi connectivity index (χ0v) is 17.2. The van der Waals surface area contributed by atoms with E-state index in [1.807, 2.05) is 5.38 Å². The largest absolute Gasteiger partial charge is 0.466 e. The van der Waals surface area contributed by atoms with Gasteiger partial charge >= 0.3 is 5.97 Å². The Bertz CT molecular complexity index is 842. The smallest absolute Gasteiger partial charge is 0.337 e. The molecule has 1 aromatic rings. The van der Waals surface area contributed by atoms with Gasteiger partial charge in [-0.25, -0.2) is 9.78 Å². The van der Waals surface area contributed by atoms with E-state index in [0.717, 1.165) is 23.7 Å². The van der Waals surface area contributed by atoms with Gasteiger partial charge in [-0.15, -0.1) is 11.3 Å². The van der Waals surface area contributed by atoms with E-state index < -0.39 is 0 Å². The van der Waals surface area contributed by atoms with E-state index in [4.69, 9.17) is 4.74 Å². The fraction of sp³-hybridized carbons (Fsp3) is 0.579. The molecular formula is C19H25N5O3S. The van der Waals surface area contributed by atoms with Gasteiger partial charge in [0.1, 0.15) is 0 Å². The number of amidine groups is 1. The van der Waals surface area contributed by atoms with Crippen LogP contribution in [-0.4, -0.2) is 79.4 Å². The monoisotopic (exact) mass is 403 g/mol. The number of thiazole rings is 1. The van der Waals surface area contributed by atoms with E-state index in [1.165, 1.54) is 31.3 Å². The fourth-order valence-corrected chi connectivity index (χ4v) is 4.61. The van der Waals surface area contributed by atoms with Crippen molar-refractivity contribution < 1.29 is 14.3 Å². The molecule has 1 aromatic heterocycles. The third-order valence-electron chi connectivity index (χ3n) is 5.75. The van der Waals surface area contributed by atoms with Gasteiger partial charge in [0, 0.05) is 44.5 Å². The minimum atomic E-state index is -0.389. The topological polar surface area (TPSA) is 87.1 Å². The highest BCUT2D eigenvalue weighted by Crippen LogP contribution is 2.55. The highest BCUT2D eigenvalue weighted by molar-refractivity contribution is 7.11. The zero-order valence-electron chi connectivity index (χ0n) is 16.4. The molecule has 1 amide bonds. The van der Waals surface area contributed by atoms with Crippen LogP contribution < -0.4 is 5.32 Å². The molecule has 9 heteroatoms. The highest BCUT2D eigenvalue weighted by atomic mass is 32.1. The number of ether oxygens (including phenoxy) is 1. The average molecular weight is 404 g/mol. The summed E-state index contributed by atoms with van der Waals surface area (Å²) in [5.41, 5.74) is 1.53. The van der Waals surface area contributed by atoms with Crippen molar-refractivity contribution in [1.29, 1.82) is 0 Å². The Hall–Kier alpha value is -2.26. The molecule has 4 rings (SSSR count). The summed E-state index contributed by atoms with van der Waals surface area (Å²) in [5, 5.41) is 5.97. The first-order chi connectivity index (χ1) is 13.4. The van der Waals surface area contributed by atoms with Crippen molar-refractivity contribution in [2.45, 2.75) is 25.3 Å². The molecule has 150 valence electrons. The highest BCUT2D eigenvalue weighted by Gasteiger charge is 2.54. The molecule has 1 saturated heterocycles. The number of esters is 1. The molecule has 1 aliphatic carbocycles. The van der Waals surface area contributed by atoms with Gasteiger partial charge in [0.05, 0.1) is 25.3 Å². The van der Waals surface area contributed by atoms with Crippen LogP contribution in [0.25, 0.3) is 0 Å². The van der Waals surface area contributed by atoms with Crippen LogP contribution >= 0.6 is 11.3 Å². The molecule has 28 heavy (non-hydrogen) atoms. The van der Waals surface area contributed by atoms with E-state index in [0.29, 0.717) is 18.0 Å². The SMILES string of the molecule is COC(=O)C1=C(CN2CC3(CC3)CC2C(=O)N(C)C)NC(c2nccs2)=NC1. The summed E-state index contributed by atoms with van der Waals surface area (Å²) < 4.78 is 4.96. The number of nitrogens with one attached hydrogen (secondary N) is 1. The summed E-state index contributed by atoms with van der Waals surface area (Å²) in [6.45, 7) is 1.61. The third-order valence-corrected chi connectivity index (χ3v) is 6.53. The predicted octanol–water partition coefficient (Wildman–Crippen LogP) is 0.863. The number of carbonyl (C=O) groups is 2. The lowest BCUT2D eigenvalue weighted by Crippen LogP contribution is -2.46. The normalized spacial score (nSPS) is 23.4. The molecule has 1 N–H and O–H groups in total. The quantitative estimate of drug-likeness (QED) is 0.734. The molecule has 3 heterocycles. The number of hydrogen-bond donors (Lipinski definition) is 1. The molecule has 3 aliphatic rings. The van der Waals surface area contributed by atoms with Crippen molar-refractivity contribution in [2.75, 3.05) is 40.8 Å². The van der Waals surface area contributed by atoms with Crippen molar-refractivity contribution in [3.05, 3.63) is 27.9 Å². The van der Waals surface area contributed by atoms with Gasteiger partial charge in [-0.05, 0) is 24.7 Å². The molecule has 0 bridgehead atoms.